The molecule has 0 saturated carbocycles. The number of ether oxygens (including phenoxy) is 2. The second-order valence-corrected chi connectivity index (χ2v) is 6.56. The highest BCUT2D eigenvalue weighted by Gasteiger charge is 2.39. The van der Waals surface area contributed by atoms with Crippen molar-refractivity contribution in [3.05, 3.63) is 64.8 Å². The predicted octanol–water partition coefficient (Wildman–Crippen LogP) is 3.70. The standard InChI is InChI=1S/C21H19ClN2O5/c1-3-10-29-21(27)13-6-4-7-14(11-13)23-18-17(22)19(25)24(20(18)26)15-8-5-9-16(12-15)28-2/h4-9,11-12,23H,3,10H2,1-2H3. The zero-order valence-corrected chi connectivity index (χ0v) is 16.7. The van der Waals surface area contributed by atoms with Gasteiger partial charge in [-0.2, -0.15) is 0 Å². The average molecular weight is 415 g/mol. The Morgan fingerprint density at radius 1 is 1.10 bits per heavy atom. The fourth-order valence-electron chi connectivity index (χ4n) is 2.74. The Morgan fingerprint density at radius 2 is 1.86 bits per heavy atom. The first-order valence-electron chi connectivity index (χ1n) is 8.93. The Bertz CT molecular complexity index is 1000. The van der Waals surface area contributed by atoms with Crippen molar-refractivity contribution in [1.82, 2.24) is 0 Å². The Labute approximate surface area is 172 Å². The van der Waals surface area contributed by atoms with E-state index in [1.807, 2.05) is 6.92 Å². The van der Waals surface area contributed by atoms with E-state index in [1.165, 1.54) is 13.2 Å². The number of methoxy groups -OCH3 is 1. The lowest BCUT2D eigenvalue weighted by atomic mass is 10.2. The summed E-state index contributed by atoms with van der Waals surface area (Å²) >= 11 is 6.14. The van der Waals surface area contributed by atoms with Crippen molar-refractivity contribution in [3.8, 4) is 5.75 Å². The minimum absolute atomic E-state index is 0.0708. The molecule has 29 heavy (non-hydrogen) atoms. The summed E-state index contributed by atoms with van der Waals surface area (Å²) < 4.78 is 10.3. The van der Waals surface area contributed by atoms with Crippen LogP contribution < -0.4 is 15.0 Å². The topological polar surface area (TPSA) is 84.9 Å². The van der Waals surface area contributed by atoms with Gasteiger partial charge in [0.15, 0.2) is 0 Å². The molecule has 0 atom stereocenters. The summed E-state index contributed by atoms with van der Waals surface area (Å²) in [4.78, 5) is 38.4. The maximum atomic E-state index is 12.9. The summed E-state index contributed by atoms with van der Waals surface area (Å²) in [6.45, 7) is 2.21. The van der Waals surface area contributed by atoms with Crippen LogP contribution in [0, 0.1) is 0 Å². The number of anilines is 2. The maximum absolute atomic E-state index is 12.9. The van der Waals surface area contributed by atoms with E-state index < -0.39 is 17.8 Å². The van der Waals surface area contributed by atoms with E-state index in [1.54, 1.807) is 42.5 Å². The lowest BCUT2D eigenvalue weighted by Gasteiger charge is -2.16. The van der Waals surface area contributed by atoms with Gasteiger partial charge in [-0.25, -0.2) is 9.69 Å². The first-order chi connectivity index (χ1) is 14.0. The maximum Gasteiger partial charge on any atom is 0.338 e. The van der Waals surface area contributed by atoms with Gasteiger partial charge in [0.05, 0.1) is 25.0 Å². The van der Waals surface area contributed by atoms with Crippen molar-refractivity contribution in [3.63, 3.8) is 0 Å². The third-order valence-electron chi connectivity index (χ3n) is 4.14. The van der Waals surface area contributed by atoms with Crippen LogP contribution in [0.4, 0.5) is 11.4 Å². The van der Waals surface area contributed by atoms with Crippen molar-refractivity contribution in [2.45, 2.75) is 13.3 Å². The first-order valence-corrected chi connectivity index (χ1v) is 9.31. The molecule has 8 heteroatoms. The van der Waals surface area contributed by atoms with Crippen LogP contribution in [0.5, 0.6) is 5.75 Å². The number of carbonyl (C=O) groups is 3. The van der Waals surface area contributed by atoms with Crippen LogP contribution in [0.25, 0.3) is 0 Å². The molecule has 0 fully saturated rings. The number of hydrogen-bond acceptors (Lipinski definition) is 6. The molecule has 0 aromatic heterocycles. The summed E-state index contributed by atoms with van der Waals surface area (Å²) in [7, 11) is 1.49. The van der Waals surface area contributed by atoms with Crippen molar-refractivity contribution in [2.75, 3.05) is 23.9 Å². The monoisotopic (exact) mass is 414 g/mol. The lowest BCUT2D eigenvalue weighted by molar-refractivity contribution is -0.120. The molecule has 3 rings (SSSR count). The number of hydrogen-bond donors (Lipinski definition) is 1. The highest BCUT2D eigenvalue weighted by molar-refractivity contribution is 6.53. The van der Waals surface area contributed by atoms with Crippen LogP contribution in [-0.2, 0) is 14.3 Å². The molecule has 2 aromatic rings. The summed E-state index contributed by atoms with van der Waals surface area (Å²) in [6.07, 6.45) is 0.711. The van der Waals surface area contributed by atoms with Crippen LogP contribution in [0.15, 0.2) is 59.3 Å². The Morgan fingerprint density at radius 3 is 2.59 bits per heavy atom. The number of carbonyl (C=O) groups excluding carboxylic acids is 3. The zero-order chi connectivity index (χ0) is 21.0. The van der Waals surface area contributed by atoms with Gasteiger partial charge in [0, 0.05) is 11.8 Å². The first kappa shape index (κ1) is 20.4. The van der Waals surface area contributed by atoms with Gasteiger partial charge < -0.3 is 14.8 Å². The highest BCUT2D eigenvalue weighted by atomic mass is 35.5. The molecule has 1 aliphatic rings. The molecule has 2 amide bonds. The molecule has 0 saturated heterocycles. The number of amides is 2. The Balaban J connectivity index is 1.83. The van der Waals surface area contributed by atoms with Crippen LogP contribution in [0.2, 0.25) is 0 Å². The molecule has 7 nitrogen and oxygen atoms in total. The normalized spacial score (nSPS) is 13.7. The molecule has 1 heterocycles. The van der Waals surface area contributed by atoms with Gasteiger partial charge in [-0.15, -0.1) is 0 Å². The molecule has 0 spiro atoms. The Kier molecular flexibility index (Phi) is 6.19. The number of benzene rings is 2. The lowest BCUT2D eigenvalue weighted by Crippen LogP contribution is -2.32. The molecule has 1 aliphatic heterocycles. The average Bonchev–Trinajstić information content (AvgIpc) is 2.95. The third kappa shape index (κ3) is 4.25. The second kappa shape index (κ2) is 8.79. The summed E-state index contributed by atoms with van der Waals surface area (Å²) in [6, 6.07) is 13.0. The van der Waals surface area contributed by atoms with Crippen LogP contribution in [0.3, 0.4) is 0 Å². The minimum atomic E-state index is -0.647. The van der Waals surface area contributed by atoms with Gasteiger partial charge in [0.2, 0.25) is 0 Å². The molecular formula is C21H19ClN2O5. The van der Waals surface area contributed by atoms with Gasteiger partial charge in [-0.1, -0.05) is 30.7 Å². The number of imide groups is 1. The van der Waals surface area contributed by atoms with Gasteiger partial charge >= 0.3 is 5.97 Å². The van der Waals surface area contributed by atoms with Crippen molar-refractivity contribution in [1.29, 1.82) is 0 Å². The fraction of sp³-hybridized carbons (Fsp3) is 0.190. The molecule has 150 valence electrons. The van der Waals surface area contributed by atoms with Crippen molar-refractivity contribution < 1.29 is 23.9 Å². The molecular weight excluding hydrogens is 396 g/mol. The quantitative estimate of drug-likeness (QED) is 0.549. The van der Waals surface area contributed by atoms with E-state index in [-0.39, 0.29) is 10.7 Å². The number of nitrogens with zero attached hydrogens (tertiary/aromatic N) is 1. The van der Waals surface area contributed by atoms with Gasteiger partial charge in [-0.05, 0) is 36.8 Å². The van der Waals surface area contributed by atoms with E-state index in [2.05, 4.69) is 5.32 Å². The molecule has 2 aromatic carbocycles. The van der Waals surface area contributed by atoms with E-state index >= 15 is 0 Å². The van der Waals surface area contributed by atoms with Crippen molar-refractivity contribution in [2.24, 2.45) is 0 Å². The van der Waals surface area contributed by atoms with E-state index in [9.17, 15) is 14.4 Å². The Hall–Kier alpha value is -3.32. The summed E-state index contributed by atoms with van der Waals surface area (Å²) in [5.41, 5.74) is 1.02. The van der Waals surface area contributed by atoms with Crippen LogP contribution in [-0.4, -0.2) is 31.5 Å². The van der Waals surface area contributed by atoms with Crippen LogP contribution >= 0.6 is 11.6 Å². The highest BCUT2D eigenvalue weighted by Crippen LogP contribution is 2.31. The number of nitrogens with one attached hydrogen (secondary N) is 1. The summed E-state index contributed by atoms with van der Waals surface area (Å²) in [5.74, 6) is -1.22. The largest absolute Gasteiger partial charge is 0.497 e. The molecule has 0 bridgehead atoms. The van der Waals surface area contributed by atoms with E-state index in [4.69, 9.17) is 21.1 Å². The number of halogens is 1. The SMILES string of the molecule is CCCOC(=O)c1cccc(NC2=C(Cl)C(=O)N(c3cccc(OC)c3)C2=O)c1. The molecule has 0 unspecified atom stereocenters. The third-order valence-corrected chi connectivity index (χ3v) is 4.49. The fourth-order valence-corrected chi connectivity index (χ4v) is 2.95. The van der Waals surface area contributed by atoms with Crippen LogP contribution in [0.1, 0.15) is 23.7 Å². The van der Waals surface area contributed by atoms with Gasteiger partial charge in [0.1, 0.15) is 16.5 Å². The molecule has 0 aliphatic carbocycles. The smallest absolute Gasteiger partial charge is 0.338 e. The van der Waals surface area contributed by atoms with Crippen molar-refractivity contribution >= 4 is 40.8 Å². The number of rotatable bonds is 7. The zero-order valence-electron chi connectivity index (χ0n) is 15.9. The van der Waals surface area contributed by atoms with Gasteiger partial charge in [0.25, 0.3) is 11.8 Å². The summed E-state index contributed by atoms with van der Waals surface area (Å²) in [5, 5.41) is 2.61. The molecule has 0 radical (unpaired) electrons. The number of esters is 1. The molecule has 1 N–H and O–H groups in total. The predicted molar refractivity (Wildman–Crippen MR) is 109 cm³/mol. The van der Waals surface area contributed by atoms with Gasteiger partial charge in [-0.3, -0.25) is 9.59 Å². The minimum Gasteiger partial charge on any atom is -0.497 e. The van der Waals surface area contributed by atoms with E-state index in [0.717, 1.165) is 4.90 Å². The van der Waals surface area contributed by atoms with E-state index in [0.29, 0.717) is 35.7 Å². The second-order valence-electron chi connectivity index (χ2n) is 6.18.